The first-order valence-corrected chi connectivity index (χ1v) is 7.12. The zero-order valence-electron chi connectivity index (χ0n) is 11.6. The van der Waals surface area contributed by atoms with Gasteiger partial charge in [0.05, 0.1) is 5.02 Å². The molecule has 5 nitrogen and oxygen atoms in total. The predicted molar refractivity (Wildman–Crippen MR) is 82.5 cm³/mol. The van der Waals surface area contributed by atoms with Gasteiger partial charge in [-0.05, 0) is 17.7 Å². The van der Waals surface area contributed by atoms with Crippen LogP contribution in [0.5, 0.6) is 5.75 Å². The second-order valence-electron chi connectivity index (χ2n) is 4.67. The third-order valence-electron chi connectivity index (χ3n) is 3.19. The Bertz CT molecular complexity index is 719. The molecule has 1 N–H and O–H groups in total. The summed E-state index contributed by atoms with van der Waals surface area (Å²) in [5.74, 6) is 0.472. The van der Waals surface area contributed by atoms with Gasteiger partial charge in [-0.2, -0.15) is 5.10 Å². The molecule has 0 aliphatic heterocycles. The van der Waals surface area contributed by atoms with Crippen molar-refractivity contribution < 1.29 is 9.84 Å². The number of aromatic nitrogens is 3. The van der Waals surface area contributed by atoms with E-state index in [1.54, 1.807) is 12.1 Å². The zero-order chi connectivity index (χ0) is 15.4. The van der Waals surface area contributed by atoms with Gasteiger partial charge in [0.2, 0.25) is 6.23 Å². The van der Waals surface area contributed by atoms with Crippen molar-refractivity contribution in [3.05, 3.63) is 77.8 Å². The van der Waals surface area contributed by atoms with E-state index in [2.05, 4.69) is 10.1 Å². The maximum Gasteiger partial charge on any atom is 0.222 e. The van der Waals surface area contributed by atoms with Gasteiger partial charge in [0.25, 0.3) is 0 Å². The molecular formula is C16H14ClN3O2. The highest BCUT2D eigenvalue weighted by Crippen LogP contribution is 2.32. The fourth-order valence-electron chi connectivity index (χ4n) is 2.10. The Labute approximate surface area is 132 Å². The summed E-state index contributed by atoms with van der Waals surface area (Å²) >= 11 is 6.13. The van der Waals surface area contributed by atoms with Crippen molar-refractivity contribution >= 4 is 11.6 Å². The molecule has 2 unspecified atom stereocenters. The molecule has 0 saturated heterocycles. The van der Waals surface area contributed by atoms with E-state index >= 15 is 0 Å². The molecule has 2 atom stereocenters. The minimum atomic E-state index is -0.917. The molecule has 1 heterocycles. The van der Waals surface area contributed by atoms with Gasteiger partial charge in [-0.3, -0.25) is 0 Å². The molecule has 3 aromatic rings. The summed E-state index contributed by atoms with van der Waals surface area (Å²) in [6.45, 7) is 0. The summed E-state index contributed by atoms with van der Waals surface area (Å²) in [6, 6.07) is 16.3. The van der Waals surface area contributed by atoms with Gasteiger partial charge in [-0.1, -0.05) is 54.1 Å². The number of nitrogens with zero attached hydrogens (tertiary/aromatic N) is 3. The van der Waals surface area contributed by atoms with Crippen molar-refractivity contribution in [2.24, 2.45) is 0 Å². The number of halogens is 1. The summed E-state index contributed by atoms with van der Waals surface area (Å²) in [4.78, 5) is 3.91. The maximum absolute atomic E-state index is 10.6. The van der Waals surface area contributed by atoms with Gasteiger partial charge in [0, 0.05) is 0 Å². The topological polar surface area (TPSA) is 60.2 Å². The lowest BCUT2D eigenvalue weighted by Crippen LogP contribution is -2.24. The van der Waals surface area contributed by atoms with E-state index in [4.69, 9.17) is 16.3 Å². The molecule has 22 heavy (non-hydrogen) atoms. The average molecular weight is 316 g/mol. The Morgan fingerprint density at radius 1 is 1.05 bits per heavy atom. The smallest absolute Gasteiger partial charge is 0.222 e. The van der Waals surface area contributed by atoms with E-state index in [1.807, 2.05) is 42.5 Å². The first-order chi connectivity index (χ1) is 10.8. The molecule has 0 radical (unpaired) electrons. The van der Waals surface area contributed by atoms with Crippen molar-refractivity contribution in [2.75, 3.05) is 0 Å². The normalized spacial score (nSPS) is 13.5. The SMILES string of the molecule is OC(c1ccccc1)C(Oc1ccccc1Cl)n1cncn1. The van der Waals surface area contributed by atoms with Crippen LogP contribution in [0.1, 0.15) is 17.9 Å². The number of benzene rings is 2. The van der Waals surface area contributed by atoms with Crippen LogP contribution in [0.15, 0.2) is 67.3 Å². The molecule has 0 amide bonds. The minimum Gasteiger partial charge on any atom is -0.464 e. The molecule has 0 bridgehead atoms. The van der Waals surface area contributed by atoms with E-state index in [-0.39, 0.29) is 0 Å². The van der Waals surface area contributed by atoms with Crippen LogP contribution in [0, 0.1) is 0 Å². The van der Waals surface area contributed by atoms with Crippen LogP contribution in [-0.4, -0.2) is 19.9 Å². The Balaban J connectivity index is 1.93. The summed E-state index contributed by atoms with van der Waals surface area (Å²) in [7, 11) is 0. The van der Waals surface area contributed by atoms with Crippen molar-refractivity contribution in [3.63, 3.8) is 0 Å². The fraction of sp³-hybridized carbons (Fsp3) is 0.125. The largest absolute Gasteiger partial charge is 0.464 e. The maximum atomic E-state index is 10.6. The van der Waals surface area contributed by atoms with Gasteiger partial charge in [-0.15, -0.1) is 0 Å². The van der Waals surface area contributed by atoms with E-state index in [0.29, 0.717) is 10.8 Å². The number of hydrogen-bond acceptors (Lipinski definition) is 4. The number of ether oxygens (including phenoxy) is 1. The van der Waals surface area contributed by atoms with Crippen molar-refractivity contribution in [2.45, 2.75) is 12.3 Å². The molecule has 2 aromatic carbocycles. The van der Waals surface area contributed by atoms with Crippen molar-refractivity contribution in [1.29, 1.82) is 0 Å². The van der Waals surface area contributed by atoms with Crippen LogP contribution in [0.25, 0.3) is 0 Å². The van der Waals surface area contributed by atoms with Gasteiger partial charge in [0.15, 0.2) is 0 Å². The van der Waals surface area contributed by atoms with Gasteiger partial charge < -0.3 is 9.84 Å². The Morgan fingerprint density at radius 3 is 2.45 bits per heavy atom. The van der Waals surface area contributed by atoms with Crippen LogP contribution in [-0.2, 0) is 0 Å². The molecule has 0 spiro atoms. The Hall–Kier alpha value is -2.37. The lowest BCUT2D eigenvalue weighted by atomic mass is 10.1. The Kier molecular flexibility index (Phi) is 4.37. The third kappa shape index (κ3) is 3.10. The monoisotopic (exact) mass is 315 g/mol. The first-order valence-electron chi connectivity index (χ1n) is 6.74. The van der Waals surface area contributed by atoms with Gasteiger partial charge >= 0.3 is 0 Å². The number of rotatable bonds is 5. The molecule has 6 heteroatoms. The standard InChI is InChI=1S/C16H14ClN3O2/c17-13-8-4-5-9-14(13)22-16(20-11-18-10-19-20)15(21)12-6-2-1-3-7-12/h1-11,15-16,21H. The molecule has 0 aliphatic carbocycles. The van der Waals surface area contributed by atoms with Crippen LogP contribution in [0.4, 0.5) is 0 Å². The number of aliphatic hydroxyl groups is 1. The quantitative estimate of drug-likeness (QED) is 0.785. The third-order valence-corrected chi connectivity index (χ3v) is 3.51. The van der Waals surface area contributed by atoms with E-state index < -0.39 is 12.3 Å². The highest BCUT2D eigenvalue weighted by Gasteiger charge is 2.26. The molecule has 3 rings (SSSR count). The lowest BCUT2D eigenvalue weighted by Gasteiger charge is -2.24. The summed E-state index contributed by atoms with van der Waals surface area (Å²) in [5, 5.41) is 15.2. The molecule has 1 aromatic heterocycles. The number of hydrogen-bond donors (Lipinski definition) is 1. The highest BCUT2D eigenvalue weighted by molar-refractivity contribution is 6.32. The average Bonchev–Trinajstić information content (AvgIpc) is 3.08. The number of aliphatic hydroxyl groups excluding tert-OH is 1. The fourth-order valence-corrected chi connectivity index (χ4v) is 2.28. The van der Waals surface area contributed by atoms with Crippen molar-refractivity contribution in [1.82, 2.24) is 14.8 Å². The van der Waals surface area contributed by atoms with E-state index in [1.165, 1.54) is 17.3 Å². The first kappa shape index (κ1) is 14.6. The molecule has 0 fully saturated rings. The summed E-state index contributed by atoms with van der Waals surface area (Å²) in [6.07, 6.45) is 1.19. The predicted octanol–water partition coefficient (Wildman–Crippen LogP) is 3.24. The van der Waals surface area contributed by atoms with Gasteiger partial charge in [0.1, 0.15) is 24.5 Å². The molecular weight excluding hydrogens is 302 g/mol. The second-order valence-corrected chi connectivity index (χ2v) is 5.08. The second kappa shape index (κ2) is 6.60. The summed E-state index contributed by atoms with van der Waals surface area (Å²) in [5.41, 5.74) is 0.718. The molecule has 0 saturated carbocycles. The van der Waals surface area contributed by atoms with Crippen LogP contribution < -0.4 is 4.74 Å². The molecule has 0 aliphatic rings. The zero-order valence-corrected chi connectivity index (χ0v) is 12.3. The Morgan fingerprint density at radius 2 is 1.77 bits per heavy atom. The van der Waals surface area contributed by atoms with E-state index in [0.717, 1.165) is 5.56 Å². The lowest BCUT2D eigenvalue weighted by molar-refractivity contribution is -0.0192. The minimum absolute atomic E-state index is 0.466. The van der Waals surface area contributed by atoms with Crippen molar-refractivity contribution in [3.8, 4) is 5.75 Å². The van der Waals surface area contributed by atoms with E-state index in [9.17, 15) is 5.11 Å². The van der Waals surface area contributed by atoms with Gasteiger partial charge in [-0.25, -0.2) is 9.67 Å². The van der Waals surface area contributed by atoms with Crippen LogP contribution >= 0.6 is 11.6 Å². The highest BCUT2D eigenvalue weighted by atomic mass is 35.5. The molecule has 112 valence electrons. The summed E-state index contributed by atoms with van der Waals surface area (Å²) < 4.78 is 7.34. The van der Waals surface area contributed by atoms with Crippen LogP contribution in [0.2, 0.25) is 5.02 Å². The number of para-hydroxylation sites is 1. The van der Waals surface area contributed by atoms with Crippen LogP contribution in [0.3, 0.4) is 0 Å².